The first kappa shape index (κ1) is 10.8. The number of aliphatic hydroxyl groups is 1. The van der Waals surface area contributed by atoms with Gasteiger partial charge in [0.2, 0.25) is 0 Å². The van der Waals surface area contributed by atoms with Gasteiger partial charge in [-0.25, -0.2) is 4.39 Å². The van der Waals surface area contributed by atoms with Crippen LogP contribution >= 0.6 is 0 Å². The summed E-state index contributed by atoms with van der Waals surface area (Å²) >= 11 is 0. The molecule has 0 fully saturated rings. The number of hydrogen-bond acceptors (Lipinski definition) is 2. The summed E-state index contributed by atoms with van der Waals surface area (Å²) in [5, 5.41) is 13.9. The van der Waals surface area contributed by atoms with E-state index in [-0.39, 0.29) is 12.2 Å². The molecule has 0 saturated heterocycles. The Bertz CT molecular complexity index is 481. The van der Waals surface area contributed by atoms with E-state index in [2.05, 4.69) is 5.10 Å². The third-order valence-corrected chi connectivity index (χ3v) is 2.48. The van der Waals surface area contributed by atoms with Gasteiger partial charge in [-0.3, -0.25) is 4.68 Å². The van der Waals surface area contributed by atoms with Crippen molar-refractivity contribution in [2.24, 2.45) is 7.05 Å². The van der Waals surface area contributed by atoms with Crippen LogP contribution in [0.3, 0.4) is 0 Å². The molecule has 0 amide bonds. The van der Waals surface area contributed by atoms with Crippen LogP contribution in [-0.2, 0) is 13.5 Å². The van der Waals surface area contributed by atoms with E-state index in [0.29, 0.717) is 11.1 Å². The lowest BCUT2D eigenvalue weighted by Gasteiger charge is -2.08. The van der Waals surface area contributed by atoms with E-state index in [9.17, 15) is 9.50 Å². The van der Waals surface area contributed by atoms with Gasteiger partial charge >= 0.3 is 0 Å². The third-order valence-electron chi connectivity index (χ3n) is 2.48. The van der Waals surface area contributed by atoms with Crippen molar-refractivity contribution in [3.8, 4) is 0 Å². The van der Waals surface area contributed by atoms with Crippen LogP contribution in [0.25, 0.3) is 0 Å². The lowest BCUT2D eigenvalue weighted by atomic mass is 10.0. The predicted octanol–water partition coefficient (Wildman–Crippen LogP) is 1.84. The summed E-state index contributed by atoms with van der Waals surface area (Å²) in [6.07, 6.45) is 2.86. The Morgan fingerprint density at radius 3 is 2.81 bits per heavy atom. The first-order valence-corrected chi connectivity index (χ1v) is 5.07. The molecule has 0 spiro atoms. The molecule has 4 heteroatoms. The first-order valence-electron chi connectivity index (χ1n) is 5.07. The number of hydrogen-bond donors (Lipinski definition) is 1. The third kappa shape index (κ3) is 2.28. The van der Waals surface area contributed by atoms with Crippen molar-refractivity contribution in [1.82, 2.24) is 9.78 Å². The van der Waals surface area contributed by atoms with Gasteiger partial charge in [-0.05, 0) is 11.6 Å². The second-order valence-corrected chi connectivity index (χ2v) is 3.76. The summed E-state index contributed by atoms with van der Waals surface area (Å²) in [4.78, 5) is 0. The molecule has 2 rings (SSSR count). The Labute approximate surface area is 93.2 Å². The minimum absolute atomic E-state index is 0.262. The van der Waals surface area contributed by atoms with E-state index >= 15 is 0 Å². The Kier molecular flexibility index (Phi) is 3.01. The van der Waals surface area contributed by atoms with Crippen LogP contribution < -0.4 is 0 Å². The molecule has 1 atom stereocenters. The largest absolute Gasteiger partial charge is 0.388 e. The molecule has 2 aromatic rings. The van der Waals surface area contributed by atoms with E-state index in [0.717, 1.165) is 0 Å². The summed E-state index contributed by atoms with van der Waals surface area (Å²) in [6, 6.07) is 6.46. The summed E-state index contributed by atoms with van der Waals surface area (Å²) in [5.41, 5.74) is 1.21. The van der Waals surface area contributed by atoms with Gasteiger partial charge in [-0.15, -0.1) is 0 Å². The van der Waals surface area contributed by atoms with Crippen LogP contribution in [0.2, 0.25) is 0 Å². The van der Waals surface area contributed by atoms with Crippen molar-refractivity contribution in [2.75, 3.05) is 0 Å². The number of benzene rings is 1. The fourth-order valence-electron chi connectivity index (χ4n) is 1.60. The highest BCUT2D eigenvalue weighted by Crippen LogP contribution is 2.19. The molecule has 1 aromatic carbocycles. The van der Waals surface area contributed by atoms with Crippen LogP contribution in [0, 0.1) is 5.82 Å². The second-order valence-electron chi connectivity index (χ2n) is 3.76. The summed E-state index contributed by atoms with van der Waals surface area (Å²) < 4.78 is 14.9. The summed E-state index contributed by atoms with van der Waals surface area (Å²) in [7, 11) is 1.78. The van der Waals surface area contributed by atoms with Gasteiger partial charge in [0.25, 0.3) is 0 Å². The highest BCUT2D eigenvalue weighted by atomic mass is 19.1. The fourth-order valence-corrected chi connectivity index (χ4v) is 1.60. The van der Waals surface area contributed by atoms with Crippen LogP contribution in [0.1, 0.15) is 17.2 Å². The molecule has 1 unspecified atom stereocenters. The van der Waals surface area contributed by atoms with E-state index in [1.165, 1.54) is 6.07 Å². The van der Waals surface area contributed by atoms with Gasteiger partial charge in [-0.2, -0.15) is 5.10 Å². The van der Waals surface area contributed by atoms with Gasteiger partial charge in [-0.1, -0.05) is 18.2 Å². The van der Waals surface area contributed by atoms with Crippen molar-refractivity contribution in [1.29, 1.82) is 0 Å². The number of aryl methyl sites for hydroxylation is 1. The number of rotatable bonds is 3. The van der Waals surface area contributed by atoms with E-state index in [1.54, 1.807) is 42.3 Å². The lowest BCUT2D eigenvalue weighted by molar-refractivity contribution is 0.177. The minimum Gasteiger partial charge on any atom is -0.388 e. The van der Waals surface area contributed by atoms with Crippen molar-refractivity contribution in [2.45, 2.75) is 12.5 Å². The molecule has 0 aliphatic heterocycles. The molecule has 1 aromatic heterocycles. The topological polar surface area (TPSA) is 38.0 Å². The van der Waals surface area contributed by atoms with Gasteiger partial charge in [0.15, 0.2) is 0 Å². The van der Waals surface area contributed by atoms with Crippen molar-refractivity contribution in [3.63, 3.8) is 0 Å². The van der Waals surface area contributed by atoms with E-state index < -0.39 is 6.10 Å². The van der Waals surface area contributed by atoms with Gasteiger partial charge in [0.1, 0.15) is 5.82 Å². The molecule has 0 aliphatic rings. The molecule has 0 radical (unpaired) electrons. The Morgan fingerprint density at radius 1 is 1.44 bits per heavy atom. The Balaban J connectivity index is 2.13. The minimum atomic E-state index is -0.717. The highest BCUT2D eigenvalue weighted by molar-refractivity contribution is 5.20. The van der Waals surface area contributed by atoms with Crippen molar-refractivity contribution >= 4 is 0 Å². The molecule has 16 heavy (non-hydrogen) atoms. The maximum atomic E-state index is 13.3. The quantitative estimate of drug-likeness (QED) is 0.857. The molecule has 0 aliphatic carbocycles. The zero-order chi connectivity index (χ0) is 11.5. The van der Waals surface area contributed by atoms with E-state index in [4.69, 9.17) is 0 Å². The number of halogens is 1. The number of aromatic nitrogens is 2. The first-order chi connectivity index (χ1) is 7.66. The normalized spacial score (nSPS) is 12.7. The molecular weight excluding hydrogens is 207 g/mol. The van der Waals surface area contributed by atoms with Crippen LogP contribution in [-0.4, -0.2) is 14.9 Å². The number of aliphatic hydroxyl groups excluding tert-OH is 1. The Morgan fingerprint density at radius 2 is 2.19 bits per heavy atom. The van der Waals surface area contributed by atoms with Crippen molar-refractivity contribution in [3.05, 3.63) is 53.6 Å². The average Bonchev–Trinajstić information content (AvgIpc) is 2.68. The number of nitrogens with zero attached hydrogens (tertiary/aromatic N) is 2. The molecule has 0 saturated carbocycles. The average molecular weight is 220 g/mol. The van der Waals surface area contributed by atoms with Crippen LogP contribution in [0.5, 0.6) is 0 Å². The SMILES string of the molecule is Cn1cc(C(O)Cc2ccccc2F)cn1. The zero-order valence-electron chi connectivity index (χ0n) is 8.97. The molecular formula is C12H13FN2O. The fraction of sp³-hybridized carbons (Fsp3) is 0.250. The lowest BCUT2D eigenvalue weighted by Crippen LogP contribution is -2.02. The van der Waals surface area contributed by atoms with Gasteiger partial charge in [0.05, 0.1) is 12.3 Å². The Hall–Kier alpha value is -1.68. The smallest absolute Gasteiger partial charge is 0.126 e. The van der Waals surface area contributed by atoms with Crippen molar-refractivity contribution < 1.29 is 9.50 Å². The highest BCUT2D eigenvalue weighted by Gasteiger charge is 2.12. The predicted molar refractivity (Wildman–Crippen MR) is 58.3 cm³/mol. The molecule has 1 N–H and O–H groups in total. The maximum Gasteiger partial charge on any atom is 0.126 e. The maximum absolute atomic E-state index is 13.3. The summed E-state index contributed by atoms with van der Waals surface area (Å²) in [5.74, 6) is -0.287. The van der Waals surface area contributed by atoms with E-state index in [1.807, 2.05) is 0 Å². The second kappa shape index (κ2) is 4.45. The van der Waals surface area contributed by atoms with Gasteiger partial charge < -0.3 is 5.11 Å². The monoisotopic (exact) mass is 220 g/mol. The van der Waals surface area contributed by atoms with Crippen LogP contribution in [0.15, 0.2) is 36.7 Å². The standard InChI is InChI=1S/C12H13FN2O/c1-15-8-10(7-14-15)12(16)6-9-4-2-3-5-11(9)13/h2-5,7-8,12,16H,6H2,1H3. The molecule has 3 nitrogen and oxygen atoms in total. The zero-order valence-corrected chi connectivity index (χ0v) is 8.97. The molecule has 0 bridgehead atoms. The van der Waals surface area contributed by atoms with Gasteiger partial charge in [0, 0.05) is 25.2 Å². The molecule has 84 valence electrons. The molecule has 1 heterocycles. The summed E-state index contributed by atoms with van der Waals surface area (Å²) in [6.45, 7) is 0. The van der Waals surface area contributed by atoms with Crippen LogP contribution in [0.4, 0.5) is 4.39 Å².